The Balaban J connectivity index is 1.75. The molecule has 0 aliphatic rings. The second kappa shape index (κ2) is 8.39. The van der Waals surface area contributed by atoms with Gasteiger partial charge in [-0.3, -0.25) is 9.59 Å². The minimum Gasteiger partial charge on any atom is -0.493 e. The molecule has 2 aromatic carbocycles. The summed E-state index contributed by atoms with van der Waals surface area (Å²) in [5.74, 6) is 1.47. The Morgan fingerprint density at radius 3 is 2.57 bits per heavy atom. The van der Waals surface area contributed by atoms with Crippen molar-refractivity contribution < 1.29 is 14.3 Å². The second-order valence-electron chi connectivity index (χ2n) is 6.23. The molecule has 3 rings (SSSR count). The predicted molar refractivity (Wildman–Crippen MR) is 107 cm³/mol. The number of nitrogens with zero attached hydrogens (tertiary/aromatic N) is 1. The lowest BCUT2D eigenvalue weighted by molar-refractivity contribution is -0.115. The molecule has 0 aliphatic heterocycles. The van der Waals surface area contributed by atoms with Crippen molar-refractivity contribution >= 4 is 11.6 Å². The van der Waals surface area contributed by atoms with E-state index in [-0.39, 0.29) is 17.9 Å². The van der Waals surface area contributed by atoms with E-state index in [1.165, 1.54) is 6.07 Å². The van der Waals surface area contributed by atoms with Gasteiger partial charge >= 0.3 is 0 Å². The number of carbonyl (C=O) groups excluding carboxylic acids is 1. The Morgan fingerprint density at radius 1 is 1.07 bits per heavy atom. The lowest BCUT2D eigenvalue weighted by Gasteiger charge is -2.10. The molecule has 7 heteroatoms. The summed E-state index contributed by atoms with van der Waals surface area (Å²) in [6, 6.07) is 14.0. The fourth-order valence-electron chi connectivity index (χ4n) is 2.84. The molecule has 0 saturated carbocycles. The Labute approximate surface area is 162 Å². The zero-order valence-electron chi connectivity index (χ0n) is 15.9. The summed E-state index contributed by atoms with van der Waals surface area (Å²) >= 11 is 0. The minimum atomic E-state index is -0.217. The molecule has 0 saturated heterocycles. The molecule has 0 fully saturated rings. The molecule has 144 valence electrons. The van der Waals surface area contributed by atoms with Crippen molar-refractivity contribution in [2.45, 2.75) is 13.3 Å². The van der Waals surface area contributed by atoms with E-state index in [0.29, 0.717) is 34.3 Å². The van der Waals surface area contributed by atoms with Crippen LogP contribution in [0.2, 0.25) is 0 Å². The summed E-state index contributed by atoms with van der Waals surface area (Å²) in [6.07, 6.45) is 0.185. The maximum atomic E-state index is 12.4. The van der Waals surface area contributed by atoms with Crippen LogP contribution in [0.15, 0.2) is 53.3 Å². The number of aromatic amines is 1. The van der Waals surface area contributed by atoms with Crippen LogP contribution in [0.4, 0.5) is 5.69 Å². The smallest absolute Gasteiger partial charge is 0.251 e. The number of amides is 1. The molecule has 1 amide bonds. The summed E-state index contributed by atoms with van der Waals surface area (Å²) in [4.78, 5) is 31.1. The SMILES string of the molecule is COc1ccc(CC(=O)Nc2cccc(-c3nc(C)cc(=O)[nH]3)c2)cc1OC. The molecule has 0 spiro atoms. The van der Waals surface area contributed by atoms with Crippen LogP contribution in [-0.2, 0) is 11.2 Å². The van der Waals surface area contributed by atoms with Crippen molar-refractivity contribution in [3.63, 3.8) is 0 Å². The van der Waals surface area contributed by atoms with Crippen LogP contribution in [0.1, 0.15) is 11.3 Å². The third-order valence-corrected chi connectivity index (χ3v) is 4.10. The van der Waals surface area contributed by atoms with Gasteiger partial charge in [-0.15, -0.1) is 0 Å². The highest BCUT2D eigenvalue weighted by Gasteiger charge is 2.10. The number of anilines is 1. The van der Waals surface area contributed by atoms with Gasteiger partial charge in [0.1, 0.15) is 5.82 Å². The molecule has 2 N–H and O–H groups in total. The van der Waals surface area contributed by atoms with E-state index < -0.39 is 0 Å². The van der Waals surface area contributed by atoms with Crippen LogP contribution in [0.3, 0.4) is 0 Å². The lowest BCUT2D eigenvalue weighted by Crippen LogP contribution is -2.14. The third-order valence-electron chi connectivity index (χ3n) is 4.10. The van der Waals surface area contributed by atoms with Crippen LogP contribution < -0.4 is 20.3 Å². The van der Waals surface area contributed by atoms with Gasteiger partial charge in [-0.25, -0.2) is 4.98 Å². The number of hydrogen-bond donors (Lipinski definition) is 2. The number of aromatic nitrogens is 2. The van der Waals surface area contributed by atoms with Crippen molar-refractivity contribution in [1.82, 2.24) is 9.97 Å². The number of carbonyl (C=O) groups is 1. The van der Waals surface area contributed by atoms with Crippen LogP contribution in [0.25, 0.3) is 11.4 Å². The zero-order valence-corrected chi connectivity index (χ0v) is 15.9. The van der Waals surface area contributed by atoms with Crippen molar-refractivity contribution in [3.8, 4) is 22.9 Å². The molecule has 1 heterocycles. The van der Waals surface area contributed by atoms with Crippen molar-refractivity contribution in [1.29, 1.82) is 0 Å². The number of methoxy groups -OCH3 is 2. The molecular weight excluding hydrogens is 358 g/mol. The topological polar surface area (TPSA) is 93.3 Å². The van der Waals surface area contributed by atoms with Crippen LogP contribution in [-0.4, -0.2) is 30.1 Å². The Morgan fingerprint density at radius 2 is 1.86 bits per heavy atom. The van der Waals surface area contributed by atoms with Gasteiger partial charge in [0, 0.05) is 23.0 Å². The summed E-state index contributed by atoms with van der Waals surface area (Å²) in [7, 11) is 3.12. The maximum Gasteiger partial charge on any atom is 0.251 e. The van der Waals surface area contributed by atoms with Crippen molar-refractivity contribution in [3.05, 3.63) is 70.1 Å². The molecule has 0 bridgehead atoms. The van der Waals surface area contributed by atoms with Crippen molar-refractivity contribution in [2.24, 2.45) is 0 Å². The molecule has 0 radical (unpaired) electrons. The van der Waals surface area contributed by atoms with Gasteiger partial charge in [-0.2, -0.15) is 0 Å². The monoisotopic (exact) mass is 379 g/mol. The first-order valence-electron chi connectivity index (χ1n) is 8.67. The molecular formula is C21H21N3O4. The molecule has 0 unspecified atom stereocenters. The highest BCUT2D eigenvalue weighted by atomic mass is 16.5. The fourth-order valence-corrected chi connectivity index (χ4v) is 2.84. The zero-order chi connectivity index (χ0) is 20.1. The first-order valence-corrected chi connectivity index (χ1v) is 8.67. The number of rotatable bonds is 6. The maximum absolute atomic E-state index is 12.4. The average Bonchev–Trinajstić information content (AvgIpc) is 2.67. The van der Waals surface area contributed by atoms with Gasteiger partial charge in [-0.05, 0) is 36.8 Å². The molecule has 28 heavy (non-hydrogen) atoms. The van der Waals surface area contributed by atoms with E-state index in [2.05, 4.69) is 15.3 Å². The van der Waals surface area contributed by atoms with E-state index in [4.69, 9.17) is 9.47 Å². The number of H-pyrrole nitrogens is 1. The molecule has 0 aliphatic carbocycles. The quantitative estimate of drug-likeness (QED) is 0.687. The summed E-state index contributed by atoms with van der Waals surface area (Å²) in [6.45, 7) is 1.76. The van der Waals surface area contributed by atoms with E-state index in [9.17, 15) is 9.59 Å². The van der Waals surface area contributed by atoms with Gasteiger partial charge in [0.2, 0.25) is 5.91 Å². The normalized spacial score (nSPS) is 10.4. The highest BCUT2D eigenvalue weighted by Crippen LogP contribution is 2.28. The van der Waals surface area contributed by atoms with Gasteiger partial charge in [0.05, 0.1) is 20.6 Å². The van der Waals surface area contributed by atoms with Crippen molar-refractivity contribution in [2.75, 3.05) is 19.5 Å². The number of nitrogens with one attached hydrogen (secondary N) is 2. The summed E-state index contributed by atoms with van der Waals surface area (Å²) in [5.41, 5.74) is 2.54. The second-order valence-corrected chi connectivity index (χ2v) is 6.23. The lowest BCUT2D eigenvalue weighted by atomic mass is 10.1. The molecule has 1 aromatic heterocycles. The Bertz CT molecular complexity index is 1060. The van der Waals surface area contributed by atoms with Gasteiger partial charge in [0.25, 0.3) is 5.56 Å². The minimum absolute atomic E-state index is 0.171. The Kier molecular flexibility index (Phi) is 5.74. The van der Waals surface area contributed by atoms with E-state index in [1.807, 2.05) is 12.1 Å². The summed E-state index contributed by atoms with van der Waals surface area (Å²) in [5, 5.41) is 2.87. The number of benzene rings is 2. The number of hydrogen-bond acceptors (Lipinski definition) is 5. The standard InChI is InChI=1S/C21H21N3O4/c1-13-9-19(25)24-21(22-13)15-5-4-6-16(12-15)23-20(26)11-14-7-8-17(27-2)18(10-14)28-3/h4-10,12H,11H2,1-3H3,(H,23,26)(H,22,24,25). The highest BCUT2D eigenvalue weighted by molar-refractivity contribution is 5.92. The predicted octanol–water partition coefficient (Wildman–Crippen LogP) is 2.94. The fraction of sp³-hybridized carbons (Fsp3) is 0.190. The van der Waals surface area contributed by atoms with Crippen LogP contribution in [0, 0.1) is 6.92 Å². The van der Waals surface area contributed by atoms with E-state index in [1.54, 1.807) is 51.5 Å². The molecule has 7 nitrogen and oxygen atoms in total. The largest absolute Gasteiger partial charge is 0.493 e. The first kappa shape index (κ1) is 19.2. The van der Waals surface area contributed by atoms with Crippen LogP contribution in [0.5, 0.6) is 11.5 Å². The number of aryl methyl sites for hydroxylation is 1. The average molecular weight is 379 g/mol. The van der Waals surface area contributed by atoms with E-state index in [0.717, 1.165) is 5.56 Å². The Hall–Kier alpha value is -3.61. The molecule has 3 aromatic rings. The van der Waals surface area contributed by atoms with Gasteiger partial charge < -0.3 is 19.8 Å². The van der Waals surface area contributed by atoms with Gasteiger partial charge in [-0.1, -0.05) is 18.2 Å². The van der Waals surface area contributed by atoms with Gasteiger partial charge in [0.15, 0.2) is 11.5 Å². The summed E-state index contributed by atoms with van der Waals surface area (Å²) < 4.78 is 10.5. The van der Waals surface area contributed by atoms with Crippen LogP contribution >= 0.6 is 0 Å². The third kappa shape index (κ3) is 4.56. The first-order chi connectivity index (χ1) is 13.5. The number of ether oxygens (including phenoxy) is 2. The van der Waals surface area contributed by atoms with E-state index >= 15 is 0 Å². The molecule has 0 atom stereocenters.